The fourth-order valence-corrected chi connectivity index (χ4v) is 2.23. The molecule has 0 fully saturated rings. The monoisotopic (exact) mass is 325 g/mol. The van der Waals surface area contributed by atoms with Crippen LogP contribution in [0.3, 0.4) is 0 Å². The van der Waals surface area contributed by atoms with Gasteiger partial charge >= 0.3 is 0 Å². The lowest BCUT2D eigenvalue weighted by Gasteiger charge is -2.18. The van der Waals surface area contributed by atoms with Crippen LogP contribution in [0.5, 0.6) is 0 Å². The summed E-state index contributed by atoms with van der Waals surface area (Å²) in [5.41, 5.74) is 1.64. The minimum absolute atomic E-state index is 0.0186. The van der Waals surface area contributed by atoms with E-state index in [0.29, 0.717) is 18.0 Å². The Morgan fingerprint density at radius 1 is 1.18 bits per heavy atom. The molecular formula is C16H24ClN3O2. The first-order chi connectivity index (χ1) is 10.4. The molecule has 22 heavy (non-hydrogen) atoms. The number of halogens is 1. The van der Waals surface area contributed by atoms with E-state index < -0.39 is 0 Å². The Hall–Kier alpha value is -1.75. The number of nitrogens with zero attached hydrogens (tertiary/aromatic N) is 1. The van der Waals surface area contributed by atoms with Gasteiger partial charge in [0.1, 0.15) is 0 Å². The minimum atomic E-state index is -0.0232. The molecule has 0 unspecified atom stereocenters. The summed E-state index contributed by atoms with van der Waals surface area (Å²) in [5.74, 6) is -0.0418. The molecule has 0 spiro atoms. The molecule has 2 amide bonds. The van der Waals surface area contributed by atoms with E-state index in [1.54, 1.807) is 12.1 Å². The molecule has 0 radical (unpaired) electrons. The van der Waals surface area contributed by atoms with Crippen LogP contribution in [0, 0.1) is 0 Å². The summed E-state index contributed by atoms with van der Waals surface area (Å²) in [6.45, 7) is 2.16. The van der Waals surface area contributed by atoms with E-state index in [0.717, 1.165) is 30.6 Å². The van der Waals surface area contributed by atoms with E-state index in [2.05, 4.69) is 10.6 Å². The summed E-state index contributed by atoms with van der Waals surface area (Å²) in [7, 11) is 3.84. The quantitative estimate of drug-likeness (QED) is 0.722. The van der Waals surface area contributed by atoms with Crippen LogP contribution in [0.15, 0.2) is 18.2 Å². The number of nitrogens with one attached hydrogen (secondary N) is 2. The summed E-state index contributed by atoms with van der Waals surface area (Å²) < 4.78 is 0. The van der Waals surface area contributed by atoms with Gasteiger partial charge in [0, 0.05) is 39.0 Å². The van der Waals surface area contributed by atoms with Gasteiger partial charge in [-0.05, 0) is 31.0 Å². The van der Waals surface area contributed by atoms with Crippen molar-refractivity contribution >= 4 is 34.8 Å². The maximum Gasteiger partial charge on any atom is 0.224 e. The highest BCUT2D eigenvalue weighted by Crippen LogP contribution is 2.27. The minimum Gasteiger partial charge on any atom is -0.376 e. The van der Waals surface area contributed by atoms with E-state index in [1.165, 1.54) is 6.92 Å². The first kappa shape index (κ1) is 18.3. The lowest BCUT2D eigenvalue weighted by molar-refractivity contribution is -0.119. The third kappa shape index (κ3) is 6.80. The van der Waals surface area contributed by atoms with Gasteiger partial charge in [-0.15, -0.1) is 0 Å². The number of anilines is 2. The highest BCUT2D eigenvalue weighted by atomic mass is 35.5. The molecule has 0 saturated heterocycles. The van der Waals surface area contributed by atoms with Gasteiger partial charge < -0.3 is 15.5 Å². The lowest BCUT2D eigenvalue weighted by atomic mass is 10.1. The Labute approximate surface area is 137 Å². The van der Waals surface area contributed by atoms with E-state index in [-0.39, 0.29) is 11.8 Å². The predicted molar refractivity (Wildman–Crippen MR) is 91.6 cm³/mol. The highest BCUT2D eigenvalue weighted by Gasteiger charge is 2.09. The standard InChI is InChI=1S/C16H24ClN3O2/c1-12(21)18-10-6-4-5-7-16(22)19-14-11-13(17)8-9-15(14)20(2)3/h8-9,11H,4-7,10H2,1-3H3,(H,18,21)(H,19,22). The number of amides is 2. The highest BCUT2D eigenvalue weighted by molar-refractivity contribution is 6.31. The molecule has 2 N–H and O–H groups in total. The molecule has 0 heterocycles. The lowest BCUT2D eigenvalue weighted by Crippen LogP contribution is -2.20. The fraction of sp³-hybridized carbons (Fsp3) is 0.500. The molecule has 1 aromatic rings. The second kappa shape index (κ2) is 9.30. The molecule has 0 aliphatic heterocycles. The zero-order valence-corrected chi connectivity index (χ0v) is 14.2. The largest absolute Gasteiger partial charge is 0.376 e. The fourth-order valence-electron chi connectivity index (χ4n) is 2.06. The summed E-state index contributed by atoms with van der Waals surface area (Å²) in [6.07, 6.45) is 3.04. The Balaban J connectivity index is 2.39. The topological polar surface area (TPSA) is 61.4 Å². The van der Waals surface area contributed by atoms with Crippen molar-refractivity contribution in [1.29, 1.82) is 0 Å². The molecule has 0 saturated carbocycles. The molecule has 1 aromatic carbocycles. The van der Waals surface area contributed by atoms with Gasteiger partial charge in [-0.1, -0.05) is 18.0 Å². The van der Waals surface area contributed by atoms with Crippen molar-refractivity contribution in [2.24, 2.45) is 0 Å². The van der Waals surface area contributed by atoms with Crippen LogP contribution in [0.1, 0.15) is 32.6 Å². The number of benzene rings is 1. The molecule has 6 heteroatoms. The molecule has 1 rings (SSSR count). The third-order valence-electron chi connectivity index (χ3n) is 3.17. The molecular weight excluding hydrogens is 302 g/mol. The average Bonchev–Trinajstić information content (AvgIpc) is 2.42. The van der Waals surface area contributed by atoms with Crippen molar-refractivity contribution in [2.75, 3.05) is 30.9 Å². The number of carbonyl (C=O) groups excluding carboxylic acids is 2. The maximum atomic E-state index is 12.0. The van der Waals surface area contributed by atoms with Crippen molar-refractivity contribution in [3.63, 3.8) is 0 Å². The predicted octanol–water partition coefficient (Wildman–Crippen LogP) is 3.04. The van der Waals surface area contributed by atoms with Crippen molar-refractivity contribution in [3.8, 4) is 0 Å². The maximum absolute atomic E-state index is 12.0. The van der Waals surface area contributed by atoms with E-state index in [1.807, 2.05) is 25.1 Å². The van der Waals surface area contributed by atoms with Gasteiger partial charge in [0.05, 0.1) is 11.4 Å². The molecule has 0 aliphatic rings. The van der Waals surface area contributed by atoms with Crippen molar-refractivity contribution in [2.45, 2.75) is 32.6 Å². The number of rotatable bonds is 8. The van der Waals surface area contributed by atoms with Crippen LogP contribution in [0.2, 0.25) is 5.02 Å². The molecule has 0 aliphatic carbocycles. The first-order valence-corrected chi connectivity index (χ1v) is 7.79. The SMILES string of the molecule is CC(=O)NCCCCCC(=O)Nc1cc(Cl)ccc1N(C)C. The summed E-state index contributed by atoms with van der Waals surface area (Å²) in [4.78, 5) is 24.6. The van der Waals surface area contributed by atoms with Gasteiger partial charge in [-0.3, -0.25) is 9.59 Å². The molecule has 5 nitrogen and oxygen atoms in total. The van der Waals surface area contributed by atoms with E-state index in [9.17, 15) is 9.59 Å². The molecule has 0 bridgehead atoms. The van der Waals surface area contributed by atoms with Crippen LogP contribution < -0.4 is 15.5 Å². The van der Waals surface area contributed by atoms with Crippen LogP contribution >= 0.6 is 11.6 Å². The van der Waals surface area contributed by atoms with Gasteiger partial charge in [0.2, 0.25) is 11.8 Å². The smallest absolute Gasteiger partial charge is 0.224 e. The molecule has 0 aromatic heterocycles. The third-order valence-corrected chi connectivity index (χ3v) is 3.40. The van der Waals surface area contributed by atoms with Gasteiger partial charge in [-0.2, -0.15) is 0 Å². The average molecular weight is 326 g/mol. The molecule has 0 atom stereocenters. The normalized spacial score (nSPS) is 10.2. The Bertz CT molecular complexity index is 518. The Morgan fingerprint density at radius 3 is 2.55 bits per heavy atom. The van der Waals surface area contributed by atoms with Gasteiger partial charge in [-0.25, -0.2) is 0 Å². The summed E-state index contributed by atoms with van der Waals surface area (Å²) in [5, 5.41) is 6.24. The number of unbranched alkanes of at least 4 members (excludes halogenated alkanes) is 2. The van der Waals surface area contributed by atoms with Gasteiger partial charge in [0.15, 0.2) is 0 Å². The van der Waals surface area contributed by atoms with E-state index >= 15 is 0 Å². The number of carbonyl (C=O) groups is 2. The zero-order chi connectivity index (χ0) is 16.5. The van der Waals surface area contributed by atoms with Crippen molar-refractivity contribution in [1.82, 2.24) is 5.32 Å². The van der Waals surface area contributed by atoms with E-state index in [4.69, 9.17) is 11.6 Å². The first-order valence-electron chi connectivity index (χ1n) is 7.41. The summed E-state index contributed by atoms with van der Waals surface area (Å²) >= 11 is 5.99. The zero-order valence-electron chi connectivity index (χ0n) is 13.4. The van der Waals surface area contributed by atoms with Crippen LogP contribution in [-0.2, 0) is 9.59 Å². The second-order valence-electron chi connectivity index (χ2n) is 5.40. The number of hydrogen-bond donors (Lipinski definition) is 2. The van der Waals surface area contributed by atoms with Gasteiger partial charge in [0.25, 0.3) is 0 Å². The molecule has 122 valence electrons. The van der Waals surface area contributed by atoms with Crippen LogP contribution in [0.25, 0.3) is 0 Å². The Kier molecular flexibility index (Phi) is 7.74. The summed E-state index contributed by atoms with van der Waals surface area (Å²) in [6, 6.07) is 5.44. The second-order valence-corrected chi connectivity index (χ2v) is 5.83. The van der Waals surface area contributed by atoms with Crippen LogP contribution in [0.4, 0.5) is 11.4 Å². The number of hydrogen-bond acceptors (Lipinski definition) is 3. The van der Waals surface area contributed by atoms with Crippen molar-refractivity contribution < 1.29 is 9.59 Å². The Morgan fingerprint density at radius 2 is 1.91 bits per heavy atom. The van der Waals surface area contributed by atoms with Crippen molar-refractivity contribution in [3.05, 3.63) is 23.2 Å². The van der Waals surface area contributed by atoms with Crippen LogP contribution in [-0.4, -0.2) is 32.5 Å².